The summed E-state index contributed by atoms with van der Waals surface area (Å²) in [5.41, 5.74) is 6.41. The summed E-state index contributed by atoms with van der Waals surface area (Å²) < 4.78 is 4.85. The van der Waals surface area contributed by atoms with Crippen LogP contribution in [-0.4, -0.2) is 12.1 Å². The zero-order chi connectivity index (χ0) is 9.02. The molecule has 0 radical (unpaired) electrons. The Labute approximate surface area is 67.2 Å². The smallest absolute Gasteiger partial charge is 0.354 e. The van der Waals surface area contributed by atoms with Crippen LogP contribution in [0, 0.1) is 0 Å². The number of nitrogens with two attached hydrogens (primary N) is 1. The highest BCUT2D eigenvalue weighted by Gasteiger charge is 2.09. The molecule has 64 valence electrons. The highest BCUT2D eigenvalue weighted by Crippen LogP contribution is 2.00. The second-order valence-corrected chi connectivity index (χ2v) is 2.87. The molecular formula is C8H15NO2. The Morgan fingerprint density at radius 2 is 1.82 bits per heavy atom. The van der Waals surface area contributed by atoms with Gasteiger partial charge in [-0.1, -0.05) is 0 Å². The Balaban J connectivity index is 4.17. The molecule has 0 aliphatic carbocycles. The maximum atomic E-state index is 11.0. The second-order valence-electron chi connectivity index (χ2n) is 2.87. The Kier molecular flexibility index (Phi) is 3.65. The molecule has 0 saturated carbocycles. The van der Waals surface area contributed by atoms with Gasteiger partial charge in [-0.15, -0.1) is 0 Å². The van der Waals surface area contributed by atoms with E-state index in [1.165, 1.54) is 0 Å². The van der Waals surface area contributed by atoms with E-state index in [9.17, 15) is 4.79 Å². The number of hydrogen-bond acceptors (Lipinski definition) is 3. The molecule has 0 unspecified atom stereocenters. The van der Waals surface area contributed by atoms with E-state index in [1.807, 2.05) is 0 Å². The van der Waals surface area contributed by atoms with Crippen LogP contribution >= 0.6 is 0 Å². The van der Waals surface area contributed by atoms with Gasteiger partial charge in [0.05, 0.1) is 6.10 Å². The largest absolute Gasteiger partial charge is 0.458 e. The van der Waals surface area contributed by atoms with Crippen LogP contribution in [0.3, 0.4) is 0 Å². The molecule has 2 N–H and O–H groups in total. The van der Waals surface area contributed by atoms with E-state index >= 15 is 0 Å². The number of carbonyl (C=O) groups excluding carboxylic acids is 1. The van der Waals surface area contributed by atoms with E-state index in [2.05, 4.69) is 0 Å². The fraction of sp³-hybridized carbons (Fsp3) is 0.625. The van der Waals surface area contributed by atoms with Crippen LogP contribution in [0.1, 0.15) is 27.7 Å². The van der Waals surface area contributed by atoms with Crippen molar-refractivity contribution in [1.82, 2.24) is 0 Å². The van der Waals surface area contributed by atoms with E-state index < -0.39 is 5.97 Å². The van der Waals surface area contributed by atoms with Crippen LogP contribution in [0.15, 0.2) is 11.3 Å². The zero-order valence-electron chi connectivity index (χ0n) is 7.47. The predicted octanol–water partition coefficient (Wildman–Crippen LogP) is 1.19. The van der Waals surface area contributed by atoms with E-state index in [1.54, 1.807) is 27.7 Å². The molecule has 0 rings (SSSR count). The second kappa shape index (κ2) is 4.01. The summed E-state index contributed by atoms with van der Waals surface area (Å²) in [4.78, 5) is 11.0. The van der Waals surface area contributed by atoms with Gasteiger partial charge < -0.3 is 10.5 Å². The Morgan fingerprint density at radius 1 is 1.36 bits per heavy atom. The first-order valence-electron chi connectivity index (χ1n) is 3.59. The van der Waals surface area contributed by atoms with E-state index in [4.69, 9.17) is 10.5 Å². The van der Waals surface area contributed by atoms with Crippen molar-refractivity contribution in [2.24, 2.45) is 5.73 Å². The Hall–Kier alpha value is -0.990. The molecule has 0 aromatic carbocycles. The summed E-state index contributed by atoms with van der Waals surface area (Å²) in [7, 11) is 0. The molecule has 0 aromatic heterocycles. The number of hydrogen-bond donors (Lipinski definition) is 1. The van der Waals surface area contributed by atoms with Gasteiger partial charge in [0, 0.05) is 0 Å². The van der Waals surface area contributed by atoms with Crippen LogP contribution in [-0.2, 0) is 9.53 Å². The van der Waals surface area contributed by atoms with E-state index in [0.29, 0.717) is 0 Å². The predicted molar refractivity (Wildman–Crippen MR) is 43.8 cm³/mol. The molecule has 0 spiro atoms. The van der Waals surface area contributed by atoms with Gasteiger partial charge in [0.15, 0.2) is 0 Å². The average molecular weight is 157 g/mol. The molecule has 0 bridgehead atoms. The number of ether oxygens (including phenoxy) is 1. The summed E-state index contributed by atoms with van der Waals surface area (Å²) in [6.45, 7) is 7.13. The van der Waals surface area contributed by atoms with E-state index in [0.717, 1.165) is 5.57 Å². The van der Waals surface area contributed by atoms with Crippen molar-refractivity contribution in [3.8, 4) is 0 Å². The quantitative estimate of drug-likeness (QED) is 0.484. The minimum absolute atomic E-state index is 0.111. The maximum Gasteiger partial charge on any atom is 0.354 e. The van der Waals surface area contributed by atoms with Gasteiger partial charge in [-0.25, -0.2) is 4.79 Å². The van der Waals surface area contributed by atoms with Gasteiger partial charge in [-0.2, -0.15) is 0 Å². The molecule has 0 heterocycles. The van der Waals surface area contributed by atoms with Crippen molar-refractivity contribution in [1.29, 1.82) is 0 Å². The summed E-state index contributed by atoms with van der Waals surface area (Å²) >= 11 is 0. The van der Waals surface area contributed by atoms with Gasteiger partial charge in [0.25, 0.3) is 0 Å². The molecule has 11 heavy (non-hydrogen) atoms. The molecular weight excluding hydrogens is 142 g/mol. The van der Waals surface area contributed by atoms with Crippen LogP contribution in [0.25, 0.3) is 0 Å². The molecule has 3 heteroatoms. The average Bonchev–Trinajstić information content (AvgIpc) is 1.84. The van der Waals surface area contributed by atoms with Crippen LogP contribution in [0.5, 0.6) is 0 Å². The van der Waals surface area contributed by atoms with Crippen LogP contribution in [0.2, 0.25) is 0 Å². The van der Waals surface area contributed by atoms with Gasteiger partial charge in [-0.3, -0.25) is 0 Å². The molecule has 0 atom stereocenters. The molecule has 0 aromatic rings. The van der Waals surface area contributed by atoms with Crippen LogP contribution < -0.4 is 5.73 Å². The fourth-order valence-electron chi connectivity index (χ4n) is 0.482. The fourth-order valence-corrected chi connectivity index (χ4v) is 0.482. The Bertz CT molecular complexity index is 179. The lowest BCUT2D eigenvalue weighted by Gasteiger charge is -2.08. The highest BCUT2D eigenvalue weighted by atomic mass is 16.5. The first kappa shape index (κ1) is 10.0. The van der Waals surface area contributed by atoms with E-state index in [-0.39, 0.29) is 11.8 Å². The SMILES string of the molecule is CC(C)=C(N)C(=O)OC(C)C. The van der Waals surface area contributed by atoms with Crippen molar-refractivity contribution in [2.45, 2.75) is 33.8 Å². The van der Waals surface area contributed by atoms with Gasteiger partial charge in [-0.05, 0) is 33.3 Å². The normalized spacial score (nSPS) is 9.55. The topological polar surface area (TPSA) is 52.3 Å². The zero-order valence-corrected chi connectivity index (χ0v) is 7.47. The van der Waals surface area contributed by atoms with Crippen molar-refractivity contribution >= 4 is 5.97 Å². The summed E-state index contributed by atoms with van der Waals surface area (Å²) in [5.74, 6) is -0.431. The first-order valence-corrected chi connectivity index (χ1v) is 3.59. The van der Waals surface area contributed by atoms with Crippen LogP contribution in [0.4, 0.5) is 0 Å². The minimum atomic E-state index is -0.431. The number of allylic oxidation sites excluding steroid dienone is 1. The standard InChI is InChI=1S/C8H15NO2/c1-5(2)7(9)8(10)11-6(3)4/h6H,9H2,1-4H3. The molecule has 0 aliphatic heterocycles. The molecule has 3 nitrogen and oxygen atoms in total. The van der Waals surface area contributed by atoms with Crippen molar-refractivity contribution in [2.75, 3.05) is 0 Å². The van der Waals surface area contributed by atoms with Gasteiger partial charge in [0.2, 0.25) is 0 Å². The van der Waals surface area contributed by atoms with Crippen molar-refractivity contribution in [3.63, 3.8) is 0 Å². The third-order valence-electron chi connectivity index (χ3n) is 1.10. The summed E-state index contributed by atoms with van der Waals surface area (Å²) in [6.07, 6.45) is -0.111. The number of rotatable bonds is 2. The monoisotopic (exact) mass is 157 g/mol. The third kappa shape index (κ3) is 3.65. The molecule has 0 amide bonds. The minimum Gasteiger partial charge on any atom is -0.458 e. The highest BCUT2D eigenvalue weighted by molar-refractivity contribution is 5.88. The van der Waals surface area contributed by atoms with Gasteiger partial charge >= 0.3 is 5.97 Å². The number of esters is 1. The number of carbonyl (C=O) groups is 1. The molecule has 0 saturated heterocycles. The summed E-state index contributed by atoms with van der Waals surface area (Å²) in [5, 5.41) is 0. The lowest BCUT2D eigenvalue weighted by molar-refractivity contribution is -0.142. The van der Waals surface area contributed by atoms with Crippen molar-refractivity contribution < 1.29 is 9.53 Å². The lowest BCUT2D eigenvalue weighted by Crippen LogP contribution is -2.19. The van der Waals surface area contributed by atoms with Crippen molar-refractivity contribution in [3.05, 3.63) is 11.3 Å². The third-order valence-corrected chi connectivity index (χ3v) is 1.10. The first-order chi connectivity index (χ1) is 4.95. The maximum absolute atomic E-state index is 11.0. The summed E-state index contributed by atoms with van der Waals surface area (Å²) in [6, 6.07) is 0. The molecule has 0 aliphatic rings. The van der Waals surface area contributed by atoms with Gasteiger partial charge in [0.1, 0.15) is 5.70 Å². The Morgan fingerprint density at radius 3 is 2.09 bits per heavy atom. The lowest BCUT2D eigenvalue weighted by atomic mass is 10.3. The molecule has 0 fully saturated rings.